The van der Waals surface area contributed by atoms with Gasteiger partial charge < -0.3 is 10.1 Å². The van der Waals surface area contributed by atoms with Gasteiger partial charge in [-0.25, -0.2) is 0 Å². The molecule has 1 N–H and O–H groups in total. The van der Waals surface area contributed by atoms with Crippen molar-refractivity contribution in [1.29, 1.82) is 5.26 Å². The number of methoxy groups -OCH3 is 1. The van der Waals surface area contributed by atoms with Gasteiger partial charge in [0.1, 0.15) is 5.54 Å². The first kappa shape index (κ1) is 20.9. The molecule has 144 valence electrons. The number of pyridine rings is 1. The molecule has 2 heterocycles. The third kappa shape index (κ3) is 5.28. The van der Waals surface area contributed by atoms with E-state index in [2.05, 4.69) is 26.6 Å². The second kappa shape index (κ2) is 9.48. The predicted octanol–water partition coefficient (Wildman–Crippen LogP) is 2.13. The summed E-state index contributed by atoms with van der Waals surface area (Å²) in [5, 5.41) is 21.3. The van der Waals surface area contributed by atoms with Crippen molar-refractivity contribution in [3.8, 4) is 17.5 Å². The minimum atomic E-state index is -0.899. The Bertz CT molecular complexity index is 802. The van der Waals surface area contributed by atoms with E-state index in [1.807, 2.05) is 30.5 Å². The molecule has 0 saturated heterocycles. The molecule has 0 saturated carbocycles. The molecular weight excluding hydrogens is 364 g/mol. The Kier molecular flexibility index (Phi) is 7.33. The second-order valence-electron chi connectivity index (χ2n) is 6.49. The van der Waals surface area contributed by atoms with E-state index in [0.717, 1.165) is 5.56 Å². The van der Waals surface area contributed by atoms with Gasteiger partial charge in [0.15, 0.2) is 11.0 Å². The first-order valence-corrected chi connectivity index (χ1v) is 9.57. The number of nitrogens with zero attached hydrogens (tertiary/aromatic N) is 5. The number of thioether (sulfide) groups is 1. The third-order valence-corrected chi connectivity index (χ3v) is 5.26. The van der Waals surface area contributed by atoms with Crippen LogP contribution in [-0.2, 0) is 16.1 Å². The molecule has 1 atom stereocenters. The summed E-state index contributed by atoms with van der Waals surface area (Å²) in [6.07, 6.45) is 3.39. The van der Waals surface area contributed by atoms with Crippen molar-refractivity contribution in [1.82, 2.24) is 25.1 Å². The Morgan fingerprint density at radius 1 is 1.41 bits per heavy atom. The first-order valence-electron chi connectivity index (χ1n) is 8.59. The average molecular weight is 388 g/mol. The van der Waals surface area contributed by atoms with Crippen molar-refractivity contribution >= 4 is 17.7 Å². The molecule has 2 rings (SSSR count). The smallest absolute Gasteiger partial charge is 0.231 e. The van der Waals surface area contributed by atoms with Crippen LogP contribution in [0.3, 0.4) is 0 Å². The highest BCUT2D eigenvalue weighted by Crippen LogP contribution is 2.24. The van der Waals surface area contributed by atoms with Crippen LogP contribution in [-0.4, -0.2) is 50.7 Å². The first-order chi connectivity index (χ1) is 12.9. The SMILES string of the molecule is COCCn1c(SCC(=O)NC(C)(C#N)C(C)C)nnc1-c1ccncc1. The van der Waals surface area contributed by atoms with E-state index >= 15 is 0 Å². The van der Waals surface area contributed by atoms with Crippen molar-refractivity contribution in [3.05, 3.63) is 24.5 Å². The summed E-state index contributed by atoms with van der Waals surface area (Å²) >= 11 is 1.28. The number of amides is 1. The standard InChI is InChI=1S/C18H24N6O2S/c1-13(2)18(3,12-19)21-15(25)11-27-17-23-22-16(24(17)9-10-26-4)14-5-7-20-8-6-14/h5-8,13H,9-11H2,1-4H3,(H,21,25). The number of carbonyl (C=O) groups excluding carboxylic acids is 1. The molecule has 0 bridgehead atoms. The Balaban J connectivity index is 2.13. The van der Waals surface area contributed by atoms with E-state index in [9.17, 15) is 10.1 Å². The van der Waals surface area contributed by atoms with Crippen molar-refractivity contribution in [3.63, 3.8) is 0 Å². The number of ether oxygens (including phenoxy) is 1. The second-order valence-corrected chi connectivity index (χ2v) is 7.43. The normalized spacial score (nSPS) is 13.2. The van der Waals surface area contributed by atoms with Gasteiger partial charge in [0, 0.05) is 25.1 Å². The van der Waals surface area contributed by atoms with Crippen molar-refractivity contribution in [2.45, 2.75) is 38.0 Å². The minimum Gasteiger partial charge on any atom is -0.383 e. The van der Waals surface area contributed by atoms with Gasteiger partial charge in [-0.05, 0) is 25.0 Å². The zero-order valence-corrected chi connectivity index (χ0v) is 16.8. The molecular formula is C18H24N6O2S. The van der Waals surface area contributed by atoms with E-state index in [0.29, 0.717) is 24.1 Å². The summed E-state index contributed by atoms with van der Waals surface area (Å²) in [7, 11) is 1.63. The summed E-state index contributed by atoms with van der Waals surface area (Å²) in [6.45, 7) is 6.59. The van der Waals surface area contributed by atoms with Gasteiger partial charge in [0.05, 0.1) is 25.0 Å². The number of nitriles is 1. The summed E-state index contributed by atoms with van der Waals surface area (Å²) in [4.78, 5) is 16.3. The Labute approximate surface area is 163 Å². The topological polar surface area (TPSA) is 106 Å². The fraction of sp³-hybridized carbons (Fsp3) is 0.500. The maximum Gasteiger partial charge on any atom is 0.231 e. The van der Waals surface area contributed by atoms with Gasteiger partial charge in [-0.3, -0.25) is 14.3 Å². The fourth-order valence-electron chi connectivity index (χ4n) is 2.25. The number of rotatable bonds is 9. The van der Waals surface area contributed by atoms with E-state index in [4.69, 9.17) is 4.74 Å². The van der Waals surface area contributed by atoms with Crippen LogP contribution in [0, 0.1) is 17.2 Å². The predicted molar refractivity (Wildman–Crippen MR) is 103 cm³/mol. The van der Waals surface area contributed by atoms with Crippen molar-refractivity contribution in [2.75, 3.05) is 19.5 Å². The molecule has 27 heavy (non-hydrogen) atoms. The van der Waals surface area contributed by atoms with E-state index in [-0.39, 0.29) is 17.6 Å². The van der Waals surface area contributed by atoms with E-state index in [1.54, 1.807) is 26.4 Å². The number of hydrogen-bond acceptors (Lipinski definition) is 7. The highest BCUT2D eigenvalue weighted by atomic mass is 32.2. The Morgan fingerprint density at radius 2 is 2.11 bits per heavy atom. The molecule has 1 unspecified atom stereocenters. The number of hydrogen-bond donors (Lipinski definition) is 1. The largest absolute Gasteiger partial charge is 0.383 e. The molecule has 0 aliphatic carbocycles. The van der Waals surface area contributed by atoms with Crippen LogP contribution in [0.1, 0.15) is 20.8 Å². The van der Waals surface area contributed by atoms with Crippen LogP contribution in [0.5, 0.6) is 0 Å². The van der Waals surface area contributed by atoms with Gasteiger partial charge in [-0.15, -0.1) is 10.2 Å². The van der Waals surface area contributed by atoms with Crippen molar-refractivity contribution < 1.29 is 9.53 Å². The highest BCUT2D eigenvalue weighted by molar-refractivity contribution is 7.99. The summed E-state index contributed by atoms with van der Waals surface area (Å²) in [5.74, 6) is 0.622. The maximum absolute atomic E-state index is 12.3. The molecule has 0 spiro atoms. The fourth-order valence-corrected chi connectivity index (χ4v) is 3.02. The maximum atomic E-state index is 12.3. The molecule has 2 aromatic rings. The Morgan fingerprint density at radius 3 is 2.70 bits per heavy atom. The Hall–Kier alpha value is -2.44. The zero-order valence-electron chi connectivity index (χ0n) is 16.0. The van der Waals surface area contributed by atoms with Crippen LogP contribution in [0.15, 0.2) is 29.7 Å². The molecule has 8 nitrogen and oxygen atoms in total. The average Bonchev–Trinajstić information content (AvgIpc) is 3.07. The van der Waals surface area contributed by atoms with Crippen LogP contribution in [0.2, 0.25) is 0 Å². The van der Waals surface area contributed by atoms with Crippen LogP contribution < -0.4 is 5.32 Å². The molecule has 0 fully saturated rings. The summed E-state index contributed by atoms with van der Waals surface area (Å²) in [6, 6.07) is 5.89. The lowest BCUT2D eigenvalue weighted by Crippen LogP contribution is -2.49. The molecule has 2 aromatic heterocycles. The van der Waals surface area contributed by atoms with Gasteiger partial charge >= 0.3 is 0 Å². The van der Waals surface area contributed by atoms with E-state index < -0.39 is 5.54 Å². The number of carbonyl (C=O) groups is 1. The summed E-state index contributed by atoms with van der Waals surface area (Å²) < 4.78 is 7.10. The highest BCUT2D eigenvalue weighted by Gasteiger charge is 2.30. The molecule has 0 radical (unpaired) electrons. The van der Waals surface area contributed by atoms with Crippen LogP contribution in [0.4, 0.5) is 0 Å². The lowest BCUT2D eigenvalue weighted by atomic mass is 9.90. The quantitative estimate of drug-likeness (QED) is 0.656. The van der Waals surface area contributed by atoms with Crippen molar-refractivity contribution in [2.24, 2.45) is 5.92 Å². The number of aromatic nitrogens is 4. The lowest BCUT2D eigenvalue weighted by molar-refractivity contribution is -0.120. The van der Waals surface area contributed by atoms with Gasteiger partial charge in [-0.2, -0.15) is 5.26 Å². The summed E-state index contributed by atoms with van der Waals surface area (Å²) in [5.41, 5.74) is -0.00871. The molecule has 0 aliphatic rings. The molecule has 9 heteroatoms. The van der Waals surface area contributed by atoms with Gasteiger partial charge in [0.2, 0.25) is 5.91 Å². The lowest BCUT2D eigenvalue weighted by Gasteiger charge is -2.27. The zero-order chi connectivity index (χ0) is 19.9. The minimum absolute atomic E-state index is 0.0000913. The molecule has 1 amide bonds. The van der Waals surface area contributed by atoms with Gasteiger partial charge in [0.25, 0.3) is 0 Å². The van der Waals surface area contributed by atoms with Crippen LogP contribution in [0.25, 0.3) is 11.4 Å². The monoisotopic (exact) mass is 388 g/mol. The number of nitrogens with one attached hydrogen (secondary N) is 1. The van der Waals surface area contributed by atoms with E-state index in [1.165, 1.54) is 11.8 Å². The third-order valence-electron chi connectivity index (χ3n) is 4.29. The molecule has 0 aromatic carbocycles. The van der Waals surface area contributed by atoms with Crippen LogP contribution >= 0.6 is 11.8 Å². The molecule has 0 aliphatic heterocycles. The van der Waals surface area contributed by atoms with Gasteiger partial charge in [-0.1, -0.05) is 25.6 Å².